The van der Waals surface area contributed by atoms with E-state index >= 15 is 0 Å². The fourth-order valence-electron chi connectivity index (χ4n) is 1.60. The molecule has 0 unspecified atom stereocenters. The molecule has 0 aliphatic heterocycles. The molecule has 10 heteroatoms. The summed E-state index contributed by atoms with van der Waals surface area (Å²) in [5.74, 6) is -2.53. The molecule has 2 N–H and O–H groups in total. The van der Waals surface area contributed by atoms with Gasteiger partial charge in [0.15, 0.2) is 13.2 Å². The van der Waals surface area contributed by atoms with Gasteiger partial charge in [0.2, 0.25) is 0 Å². The van der Waals surface area contributed by atoms with Gasteiger partial charge in [-0.2, -0.15) is 0 Å². The smallest absolute Gasteiger partial charge is 0.334 e. The van der Waals surface area contributed by atoms with Crippen LogP contribution in [0, 0.1) is 0 Å². The Labute approximate surface area is 159 Å². The first kappa shape index (κ1) is 24.5. The number of hydrogen-bond donors (Lipinski definition) is 2. The van der Waals surface area contributed by atoms with Gasteiger partial charge >= 0.3 is 11.9 Å². The van der Waals surface area contributed by atoms with Crippen molar-refractivity contribution in [1.29, 1.82) is 0 Å². The van der Waals surface area contributed by atoms with Gasteiger partial charge in [-0.15, -0.1) is 0 Å². The lowest BCUT2D eigenvalue weighted by Gasteiger charge is -2.11. The van der Waals surface area contributed by atoms with E-state index in [0.717, 1.165) is 6.08 Å². The number of ether oxygens (including phenoxy) is 2. The van der Waals surface area contributed by atoms with Crippen molar-refractivity contribution in [3.05, 3.63) is 11.6 Å². The quantitative estimate of drug-likeness (QED) is 0.303. The maximum Gasteiger partial charge on any atom is 0.334 e. The first-order valence-electron chi connectivity index (χ1n) is 8.46. The third kappa shape index (κ3) is 14.4. The van der Waals surface area contributed by atoms with Gasteiger partial charge in [0.05, 0.1) is 0 Å². The fraction of sp³-hybridized carbons (Fsp3) is 0.647. The molecule has 0 aromatic carbocycles. The van der Waals surface area contributed by atoms with Gasteiger partial charge in [-0.05, 0) is 35.1 Å². The first-order chi connectivity index (χ1) is 12.6. The van der Waals surface area contributed by atoms with Crippen LogP contribution in [-0.4, -0.2) is 101 Å². The predicted octanol–water partition coefficient (Wildman–Crippen LogP) is -1.63. The standard InChI is InChI=1S/C17H30N4O6/c1-13(17(25)27-12-15(23)19-7-9-21(4)5)10-16(24)26-11-14(22)18-6-8-20(2)3/h10H,6-9,11-12H2,1-5H3,(H,18,22)(H,19,23)/b13-10+. The van der Waals surface area contributed by atoms with Crippen molar-refractivity contribution in [2.45, 2.75) is 6.92 Å². The number of hydrogen-bond acceptors (Lipinski definition) is 8. The minimum absolute atomic E-state index is 0.0332. The van der Waals surface area contributed by atoms with Crippen LogP contribution >= 0.6 is 0 Å². The number of likely N-dealkylation sites (N-methyl/N-ethyl adjacent to an activating group) is 2. The number of nitrogens with zero attached hydrogens (tertiary/aromatic N) is 2. The lowest BCUT2D eigenvalue weighted by molar-refractivity contribution is -0.146. The van der Waals surface area contributed by atoms with Crippen molar-refractivity contribution in [2.75, 3.05) is 67.6 Å². The van der Waals surface area contributed by atoms with Crippen molar-refractivity contribution < 1.29 is 28.7 Å². The average molecular weight is 386 g/mol. The van der Waals surface area contributed by atoms with E-state index in [-0.39, 0.29) is 5.57 Å². The average Bonchev–Trinajstić information content (AvgIpc) is 2.57. The molecule has 0 saturated heterocycles. The normalized spacial score (nSPS) is 11.3. The third-order valence-electron chi connectivity index (χ3n) is 3.10. The summed E-state index contributed by atoms with van der Waals surface area (Å²) in [5, 5.41) is 5.17. The van der Waals surface area contributed by atoms with Gasteiger partial charge < -0.3 is 29.9 Å². The maximum absolute atomic E-state index is 11.7. The second-order valence-corrected chi connectivity index (χ2v) is 6.32. The molecule has 154 valence electrons. The van der Waals surface area contributed by atoms with E-state index in [1.54, 1.807) is 0 Å². The van der Waals surface area contributed by atoms with E-state index in [1.165, 1.54) is 6.92 Å². The van der Waals surface area contributed by atoms with Crippen LogP contribution in [0.25, 0.3) is 0 Å². The van der Waals surface area contributed by atoms with Crippen LogP contribution in [-0.2, 0) is 28.7 Å². The summed E-state index contributed by atoms with van der Waals surface area (Å²) in [4.78, 5) is 50.1. The predicted molar refractivity (Wildman–Crippen MR) is 98.8 cm³/mol. The monoisotopic (exact) mass is 386 g/mol. The van der Waals surface area contributed by atoms with Crippen LogP contribution in [0.15, 0.2) is 11.6 Å². The Balaban J connectivity index is 4.12. The Morgan fingerprint density at radius 1 is 0.815 bits per heavy atom. The first-order valence-corrected chi connectivity index (χ1v) is 8.46. The summed E-state index contributed by atoms with van der Waals surface area (Å²) in [5.41, 5.74) is -0.0332. The lowest BCUT2D eigenvalue weighted by atomic mass is 10.3. The van der Waals surface area contributed by atoms with Crippen LogP contribution in [0.1, 0.15) is 6.92 Å². The zero-order valence-electron chi connectivity index (χ0n) is 16.7. The number of esters is 2. The zero-order chi connectivity index (χ0) is 20.8. The summed E-state index contributed by atoms with van der Waals surface area (Å²) in [6.45, 7) is 2.65. The highest BCUT2D eigenvalue weighted by molar-refractivity contribution is 5.97. The summed E-state index contributed by atoms with van der Waals surface area (Å²) >= 11 is 0. The highest BCUT2D eigenvalue weighted by Crippen LogP contribution is 1.98. The van der Waals surface area contributed by atoms with Crippen LogP contribution in [0.3, 0.4) is 0 Å². The van der Waals surface area contributed by atoms with Crippen molar-refractivity contribution in [3.8, 4) is 0 Å². The minimum Gasteiger partial charge on any atom is -0.452 e. The highest BCUT2D eigenvalue weighted by atomic mass is 16.5. The molecule has 0 radical (unpaired) electrons. The second-order valence-electron chi connectivity index (χ2n) is 6.32. The maximum atomic E-state index is 11.7. The molecule has 0 bridgehead atoms. The molecule has 0 heterocycles. The van der Waals surface area contributed by atoms with E-state index < -0.39 is 37.0 Å². The molecule has 2 amide bonds. The SMILES string of the molecule is C/C(=C\C(=O)OCC(=O)NCCN(C)C)C(=O)OCC(=O)NCCN(C)C. The van der Waals surface area contributed by atoms with Gasteiger partial charge in [0, 0.05) is 37.8 Å². The van der Waals surface area contributed by atoms with Gasteiger partial charge in [-0.25, -0.2) is 9.59 Å². The molecule has 10 nitrogen and oxygen atoms in total. The molecule has 0 fully saturated rings. The van der Waals surface area contributed by atoms with Gasteiger partial charge in [0.1, 0.15) is 0 Å². The fourth-order valence-corrected chi connectivity index (χ4v) is 1.60. The summed E-state index contributed by atoms with van der Waals surface area (Å²) in [6, 6.07) is 0. The molecule has 0 aromatic heterocycles. The zero-order valence-corrected chi connectivity index (χ0v) is 16.7. The molecule has 0 aromatic rings. The summed E-state index contributed by atoms with van der Waals surface area (Å²) in [6.07, 6.45) is 0.916. The van der Waals surface area contributed by atoms with Gasteiger partial charge in [-0.1, -0.05) is 0 Å². The van der Waals surface area contributed by atoms with Crippen LogP contribution in [0.2, 0.25) is 0 Å². The molecular formula is C17H30N4O6. The Morgan fingerprint density at radius 3 is 1.70 bits per heavy atom. The van der Waals surface area contributed by atoms with Crippen molar-refractivity contribution in [1.82, 2.24) is 20.4 Å². The van der Waals surface area contributed by atoms with E-state index in [1.807, 2.05) is 38.0 Å². The van der Waals surface area contributed by atoms with Gasteiger partial charge in [-0.3, -0.25) is 9.59 Å². The number of carbonyl (C=O) groups is 4. The molecule has 0 aliphatic rings. The molecule has 27 heavy (non-hydrogen) atoms. The van der Waals surface area contributed by atoms with Crippen molar-refractivity contribution in [2.24, 2.45) is 0 Å². The Kier molecular flexibility index (Phi) is 12.5. The highest BCUT2D eigenvalue weighted by Gasteiger charge is 2.12. The van der Waals surface area contributed by atoms with E-state index in [4.69, 9.17) is 9.47 Å². The molecule has 0 spiro atoms. The Bertz CT molecular complexity index is 546. The molecule has 0 atom stereocenters. The lowest BCUT2D eigenvalue weighted by Crippen LogP contribution is -2.34. The molecule has 0 aliphatic carbocycles. The van der Waals surface area contributed by atoms with E-state index in [0.29, 0.717) is 26.2 Å². The topological polar surface area (TPSA) is 117 Å². The van der Waals surface area contributed by atoms with E-state index in [9.17, 15) is 19.2 Å². The number of nitrogens with one attached hydrogen (secondary N) is 2. The second kappa shape index (κ2) is 13.7. The van der Waals surface area contributed by atoms with Crippen molar-refractivity contribution in [3.63, 3.8) is 0 Å². The van der Waals surface area contributed by atoms with Gasteiger partial charge in [0.25, 0.3) is 11.8 Å². The summed E-state index contributed by atoms with van der Waals surface area (Å²) < 4.78 is 9.55. The van der Waals surface area contributed by atoms with Crippen molar-refractivity contribution >= 4 is 23.8 Å². The molecule has 0 rings (SSSR count). The Hall–Kier alpha value is -2.46. The number of carbonyl (C=O) groups excluding carboxylic acids is 4. The minimum atomic E-state index is -0.845. The third-order valence-corrected chi connectivity index (χ3v) is 3.10. The molecule has 0 saturated carbocycles. The summed E-state index contributed by atoms with van der Waals surface area (Å²) in [7, 11) is 7.47. The van der Waals surface area contributed by atoms with Crippen LogP contribution in [0.5, 0.6) is 0 Å². The number of amides is 2. The Morgan fingerprint density at radius 2 is 1.26 bits per heavy atom. The number of rotatable bonds is 12. The van der Waals surface area contributed by atoms with Crippen LogP contribution < -0.4 is 10.6 Å². The van der Waals surface area contributed by atoms with Crippen LogP contribution in [0.4, 0.5) is 0 Å². The van der Waals surface area contributed by atoms with E-state index in [2.05, 4.69) is 10.6 Å². The largest absolute Gasteiger partial charge is 0.452 e. The molecular weight excluding hydrogens is 356 g/mol.